The Hall–Kier alpha value is -0.0800. The molecule has 0 aliphatic heterocycles. The van der Waals surface area contributed by atoms with Crippen LogP contribution in [0.3, 0.4) is 0 Å². The molecule has 0 fully saturated rings. The van der Waals surface area contributed by atoms with Crippen molar-refractivity contribution in [3.05, 3.63) is 0 Å². The molecule has 0 heterocycles. The summed E-state index contributed by atoms with van der Waals surface area (Å²) in [6, 6.07) is 0.654. The van der Waals surface area contributed by atoms with E-state index in [2.05, 4.69) is 39.6 Å². The van der Waals surface area contributed by atoms with Gasteiger partial charge in [0.05, 0.1) is 0 Å². The van der Waals surface area contributed by atoms with Gasteiger partial charge in [-0.15, -0.1) is 0 Å². The smallest absolute Gasteiger partial charge is 0.0278 e. The van der Waals surface area contributed by atoms with Crippen LogP contribution < -0.4 is 5.73 Å². The molecule has 2 heteroatoms. The van der Waals surface area contributed by atoms with Gasteiger partial charge in [-0.3, -0.25) is 0 Å². The van der Waals surface area contributed by atoms with Crippen molar-refractivity contribution in [1.82, 2.24) is 4.90 Å². The van der Waals surface area contributed by atoms with Crippen LogP contribution in [0.15, 0.2) is 0 Å². The first kappa shape index (κ1) is 13.9. The first-order valence-corrected chi connectivity index (χ1v) is 5.98. The Bertz CT molecular complexity index is 141. The molecular weight excluding hydrogens is 172 g/mol. The summed E-state index contributed by atoms with van der Waals surface area (Å²) in [6.45, 7) is 9.90. The Kier molecular flexibility index (Phi) is 6.38. The predicted octanol–water partition coefficient (Wildman–Crippen LogP) is 2.62. The van der Waals surface area contributed by atoms with Crippen LogP contribution in [-0.4, -0.2) is 30.1 Å². The molecule has 0 aliphatic rings. The van der Waals surface area contributed by atoms with Gasteiger partial charge in [0.25, 0.3) is 0 Å². The lowest BCUT2D eigenvalue weighted by Gasteiger charge is -2.35. The highest BCUT2D eigenvalue weighted by Crippen LogP contribution is 2.15. The highest BCUT2D eigenvalue weighted by atomic mass is 15.1. The van der Waals surface area contributed by atoms with Crippen LogP contribution in [0.1, 0.15) is 53.4 Å². The molecule has 0 spiro atoms. The SMILES string of the molecule is CCCC(C)N(C)CC(N)(CC)CC. The van der Waals surface area contributed by atoms with Gasteiger partial charge in [0, 0.05) is 18.1 Å². The summed E-state index contributed by atoms with van der Waals surface area (Å²) >= 11 is 0. The van der Waals surface area contributed by atoms with Crippen LogP contribution in [0.2, 0.25) is 0 Å². The molecule has 2 nitrogen and oxygen atoms in total. The standard InChI is InChI=1S/C12H28N2/c1-6-9-11(4)14(5)10-12(13,7-2)8-3/h11H,6-10,13H2,1-5H3. The first-order valence-electron chi connectivity index (χ1n) is 5.98. The molecule has 0 bridgehead atoms. The summed E-state index contributed by atoms with van der Waals surface area (Å²) in [5, 5.41) is 0. The zero-order valence-corrected chi connectivity index (χ0v) is 10.6. The Labute approximate surface area is 89.9 Å². The number of likely N-dealkylation sites (N-methyl/N-ethyl adjacent to an activating group) is 1. The van der Waals surface area contributed by atoms with E-state index in [1.165, 1.54) is 12.8 Å². The van der Waals surface area contributed by atoms with E-state index in [0.29, 0.717) is 6.04 Å². The zero-order valence-electron chi connectivity index (χ0n) is 10.6. The highest BCUT2D eigenvalue weighted by Gasteiger charge is 2.23. The Morgan fingerprint density at radius 3 is 2.07 bits per heavy atom. The van der Waals surface area contributed by atoms with Gasteiger partial charge in [0.2, 0.25) is 0 Å². The maximum absolute atomic E-state index is 6.29. The monoisotopic (exact) mass is 200 g/mol. The van der Waals surface area contributed by atoms with Crippen molar-refractivity contribution in [2.24, 2.45) is 5.73 Å². The number of hydrogen-bond donors (Lipinski definition) is 1. The molecule has 0 aromatic heterocycles. The Balaban J connectivity index is 4.07. The van der Waals surface area contributed by atoms with E-state index in [1.807, 2.05) is 0 Å². The fourth-order valence-corrected chi connectivity index (χ4v) is 1.76. The van der Waals surface area contributed by atoms with Gasteiger partial charge < -0.3 is 10.6 Å². The molecule has 14 heavy (non-hydrogen) atoms. The number of nitrogens with two attached hydrogens (primary N) is 1. The third-order valence-electron chi connectivity index (χ3n) is 3.43. The van der Waals surface area contributed by atoms with E-state index < -0.39 is 0 Å². The molecule has 0 aromatic rings. The normalized spacial score (nSPS) is 14.8. The van der Waals surface area contributed by atoms with E-state index in [-0.39, 0.29) is 5.54 Å². The molecule has 0 saturated carbocycles. The molecule has 86 valence electrons. The lowest BCUT2D eigenvalue weighted by atomic mass is 9.93. The van der Waals surface area contributed by atoms with Gasteiger partial charge in [0.1, 0.15) is 0 Å². The molecule has 0 amide bonds. The van der Waals surface area contributed by atoms with Crippen LogP contribution in [0.5, 0.6) is 0 Å². The number of rotatable bonds is 7. The minimum Gasteiger partial charge on any atom is -0.324 e. The van der Waals surface area contributed by atoms with E-state index in [1.54, 1.807) is 0 Å². The van der Waals surface area contributed by atoms with Crippen molar-refractivity contribution >= 4 is 0 Å². The second-order valence-electron chi connectivity index (χ2n) is 4.62. The minimum absolute atomic E-state index is 0.0107. The van der Waals surface area contributed by atoms with Crippen molar-refractivity contribution in [2.45, 2.75) is 65.0 Å². The van der Waals surface area contributed by atoms with Gasteiger partial charge >= 0.3 is 0 Å². The van der Waals surface area contributed by atoms with Crippen molar-refractivity contribution in [1.29, 1.82) is 0 Å². The van der Waals surface area contributed by atoms with Gasteiger partial charge in [-0.05, 0) is 33.2 Å². The largest absolute Gasteiger partial charge is 0.324 e. The molecule has 1 unspecified atom stereocenters. The lowest BCUT2D eigenvalue weighted by molar-refractivity contribution is 0.181. The van der Waals surface area contributed by atoms with E-state index >= 15 is 0 Å². The summed E-state index contributed by atoms with van der Waals surface area (Å²) in [4.78, 5) is 2.40. The van der Waals surface area contributed by atoms with Crippen molar-refractivity contribution < 1.29 is 0 Å². The molecule has 0 aromatic carbocycles. The van der Waals surface area contributed by atoms with E-state index in [9.17, 15) is 0 Å². The van der Waals surface area contributed by atoms with Gasteiger partial charge in [-0.1, -0.05) is 27.2 Å². The van der Waals surface area contributed by atoms with E-state index in [0.717, 1.165) is 19.4 Å². The molecule has 0 aliphatic carbocycles. The Morgan fingerprint density at radius 2 is 1.71 bits per heavy atom. The summed E-state index contributed by atoms with van der Waals surface area (Å²) in [5.41, 5.74) is 6.30. The minimum atomic E-state index is 0.0107. The maximum Gasteiger partial charge on any atom is 0.0278 e. The zero-order chi connectivity index (χ0) is 11.2. The first-order chi connectivity index (χ1) is 6.49. The fraction of sp³-hybridized carbons (Fsp3) is 1.00. The third-order valence-corrected chi connectivity index (χ3v) is 3.43. The van der Waals surface area contributed by atoms with Gasteiger partial charge in [-0.25, -0.2) is 0 Å². The summed E-state index contributed by atoms with van der Waals surface area (Å²) in [6.07, 6.45) is 4.64. The third kappa shape index (κ3) is 4.43. The van der Waals surface area contributed by atoms with Gasteiger partial charge in [0.15, 0.2) is 0 Å². The average molecular weight is 200 g/mol. The van der Waals surface area contributed by atoms with Crippen LogP contribution in [0, 0.1) is 0 Å². The lowest BCUT2D eigenvalue weighted by Crippen LogP contribution is -2.50. The molecule has 2 N–H and O–H groups in total. The molecule has 0 radical (unpaired) electrons. The van der Waals surface area contributed by atoms with Crippen molar-refractivity contribution in [3.63, 3.8) is 0 Å². The summed E-state index contributed by atoms with van der Waals surface area (Å²) in [5.74, 6) is 0. The topological polar surface area (TPSA) is 29.3 Å². The highest BCUT2D eigenvalue weighted by molar-refractivity contribution is 4.85. The second-order valence-corrected chi connectivity index (χ2v) is 4.62. The average Bonchev–Trinajstić information content (AvgIpc) is 2.18. The summed E-state index contributed by atoms with van der Waals surface area (Å²) < 4.78 is 0. The molecular formula is C12H28N2. The van der Waals surface area contributed by atoms with Crippen LogP contribution in [-0.2, 0) is 0 Å². The van der Waals surface area contributed by atoms with Gasteiger partial charge in [-0.2, -0.15) is 0 Å². The number of nitrogens with zero attached hydrogens (tertiary/aromatic N) is 1. The molecule has 1 atom stereocenters. The van der Waals surface area contributed by atoms with Crippen LogP contribution in [0.25, 0.3) is 0 Å². The van der Waals surface area contributed by atoms with Crippen LogP contribution >= 0.6 is 0 Å². The quantitative estimate of drug-likeness (QED) is 0.684. The van der Waals surface area contributed by atoms with Crippen molar-refractivity contribution in [2.75, 3.05) is 13.6 Å². The van der Waals surface area contributed by atoms with Crippen molar-refractivity contribution in [3.8, 4) is 0 Å². The predicted molar refractivity (Wildman–Crippen MR) is 64.5 cm³/mol. The number of hydrogen-bond acceptors (Lipinski definition) is 2. The summed E-state index contributed by atoms with van der Waals surface area (Å²) in [7, 11) is 2.19. The molecule has 0 saturated heterocycles. The Morgan fingerprint density at radius 1 is 1.21 bits per heavy atom. The van der Waals surface area contributed by atoms with Crippen LogP contribution in [0.4, 0.5) is 0 Å². The molecule has 0 rings (SSSR count). The second kappa shape index (κ2) is 6.41. The maximum atomic E-state index is 6.29. The fourth-order valence-electron chi connectivity index (χ4n) is 1.76. The van der Waals surface area contributed by atoms with E-state index in [4.69, 9.17) is 5.73 Å².